The van der Waals surface area contributed by atoms with Gasteiger partial charge in [-0.3, -0.25) is 4.79 Å². The number of halogens is 1. The minimum atomic E-state index is -3.76. The van der Waals surface area contributed by atoms with E-state index >= 15 is 0 Å². The minimum Gasteiger partial charge on any atom is -0.300 e. The van der Waals surface area contributed by atoms with Gasteiger partial charge in [0.15, 0.2) is 0 Å². The highest BCUT2D eigenvalue weighted by atomic mass is 32.2. The highest BCUT2D eigenvalue weighted by Gasteiger charge is 2.38. The zero-order valence-electron chi connectivity index (χ0n) is 15.1. The molecule has 1 aromatic carbocycles. The molecule has 0 bridgehead atoms. The number of sulfonamides is 1. The number of carbonyl (C=O) groups is 1. The third-order valence-corrected chi connectivity index (χ3v) is 7.04. The zero-order valence-corrected chi connectivity index (χ0v) is 15.9. The Balaban J connectivity index is 1.76. The SMILES string of the molecule is CC(=O)CC(c1ncccn1)S(=O)(=O)N1CCC(c2ccc(F)cc2)CC1. The summed E-state index contributed by atoms with van der Waals surface area (Å²) < 4.78 is 40.8. The summed E-state index contributed by atoms with van der Waals surface area (Å²) in [4.78, 5) is 19.8. The molecule has 1 aromatic heterocycles. The molecule has 6 nitrogen and oxygen atoms in total. The fourth-order valence-corrected chi connectivity index (χ4v) is 5.34. The number of rotatable bonds is 6. The van der Waals surface area contributed by atoms with Crippen molar-refractivity contribution in [3.8, 4) is 0 Å². The average molecular weight is 391 g/mol. The van der Waals surface area contributed by atoms with Gasteiger partial charge >= 0.3 is 0 Å². The van der Waals surface area contributed by atoms with E-state index in [0.717, 1.165) is 5.56 Å². The Hall–Kier alpha value is -2.19. The third kappa shape index (κ3) is 4.56. The van der Waals surface area contributed by atoms with Gasteiger partial charge in [0.2, 0.25) is 10.0 Å². The molecule has 0 saturated carbocycles. The summed E-state index contributed by atoms with van der Waals surface area (Å²) in [5, 5.41) is -1.07. The highest BCUT2D eigenvalue weighted by Crippen LogP contribution is 2.33. The van der Waals surface area contributed by atoms with E-state index in [0.29, 0.717) is 25.9 Å². The van der Waals surface area contributed by atoms with Crippen LogP contribution in [0.2, 0.25) is 0 Å². The first-order valence-electron chi connectivity index (χ1n) is 8.88. The van der Waals surface area contributed by atoms with E-state index in [2.05, 4.69) is 9.97 Å². The highest BCUT2D eigenvalue weighted by molar-refractivity contribution is 7.89. The first kappa shape index (κ1) is 19.6. The summed E-state index contributed by atoms with van der Waals surface area (Å²) in [5.74, 6) is -0.171. The van der Waals surface area contributed by atoms with Gasteiger partial charge in [0.25, 0.3) is 0 Å². The molecule has 0 amide bonds. The van der Waals surface area contributed by atoms with Crippen molar-refractivity contribution in [1.82, 2.24) is 14.3 Å². The maximum Gasteiger partial charge on any atom is 0.224 e. The molecule has 1 saturated heterocycles. The normalized spacial score (nSPS) is 17.6. The van der Waals surface area contributed by atoms with Gasteiger partial charge < -0.3 is 0 Å². The second kappa shape index (κ2) is 8.22. The Kier molecular flexibility index (Phi) is 5.96. The molecule has 1 unspecified atom stereocenters. The van der Waals surface area contributed by atoms with Crippen LogP contribution in [0.25, 0.3) is 0 Å². The average Bonchev–Trinajstić information content (AvgIpc) is 2.67. The topological polar surface area (TPSA) is 80.2 Å². The Morgan fingerprint density at radius 2 is 1.78 bits per heavy atom. The van der Waals surface area contributed by atoms with Gasteiger partial charge in [-0.15, -0.1) is 0 Å². The standard InChI is InChI=1S/C19H22FN3O3S/c1-14(24)13-18(19-21-9-2-10-22-19)27(25,26)23-11-7-16(8-12-23)15-3-5-17(20)6-4-15/h2-6,9-10,16,18H,7-8,11-13H2,1H3. The van der Waals surface area contributed by atoms with E-state index in [9.17, 15) is 17.6 Å². The van der Waals surface area contributed by atoms with Crippen LogP contribution in [0.4, 0.5) is 4.39 Å². The summed E-state index contributed by atoms with van der Waals surface area (Å²) in [6, 6.07) is 7.96. The number of aromatic nitrogens is 2. The maximum atomic E-state index is 13.2. The van der Waals surface area contributed by atoms with E-state index < -0.39 is 15.3 Å². The first-order valence-corrected chi connectivity index (χ1v) is 10.4. The van der Waals surface area contributed by atoms with Crippen molar-refractivity contribution in [2.75, 3.05) is 13.1 Å². The molecule has 2 heterocycles. The van der Waals surface area contributed by atoms with E-state index in [1.807, 2.05) is 0 Å². The van der Waals surface area contributed by atoms with Crippen molar-refractivity contribution in [2.24, 2.45) is 0 Å². The molecule has 3 rings (SSSR count). The molecular formula is C19H22FN3O3S. The molecule has 1 aliphatic rings. The van der Waals surface area contributed by atoms with Gasteiger partial charge in [0, 0.05) is 31.9 Å². The number of hydrogen-bond donors (Lipinski definition) is 0. The fraction of sp³-hybridized carbons (Fsp3) is 0.421. The summed E-state index contributed by atoms with van der Waals surface area (Å²) >= 11 is 0. The van der Waals surface area contributed by atoms with Gasteiger partial charge in [-0.2, -0.15) is 0 Å². The van der Waals surface area contributed by atoms with E-state index in [-0.39, 0.29) is 29.8 Å². The van der Waals surface area contributed by atoms with Gasteiger partial charge in [-0.05, 0) is 49.4 Å². The monoisotopic (exact) mass is 391 g/mol. The van der Waals surface area contributed by atoms with Crippen molar-refractivity contribution in [1.29, 1.82) is 0 Å². The van der Waals surface area contributed by atoms with Crippen LogP contribution >= 0.6 is 0 Å². The third-order valence-electron chi connectivity index (χ3n) is 4.86. The number of hydrogen-bond acceptors (Lipinski definition) is 5. The first-order chi connectivity index (χ1) is 12.9. The Morgan fingerprint density at radius 1 is 1.19 bits per heavy atom. The largest absolute Gasteiger partial charge is 0.300 e. The lowest BCUT2D eigenvalue weighted by Crippen LogP contribution is -2.41. The van der Waals surface area contributed by atoms with Crippen LogP contribution in [0, 0.1) is 5.82 Å². The molecule has 1 atom stereocenters. The molecule has 0 aliphatic carbocycles. The van der Waals surface area contributed by atoms with Gasteiger partial charge in [0.05, 0.1) is 0 Å². The summed E-state index contributed by atoms with van der Waals surface area (Å²) in [6.07, 6.45) is 4.10. The second-order valence-electron chi connectivity index (χ2n) is 6.77. The molecule has 144 valence electrons. The van der Waals surface area contributed by atoms with Crippen molar-refractivity contribution in [3.63, 3.8) is 0 Å². The van der Waals surface area contributed by atoms with Crippen LogP contribution in [-0.4, -0.2) is 41.6 Å². The lowest BCUT2D eigenvalue weighted by atomic mass is 9.90. The lowest BCUT2D eigenvalue weighted by Gasteiger charge is -2.33. The van der Waals surface area contributed by atoms with Crippen molar-refractivity contribution in [3.05, 3.63) is 59.9 Å². The quantitative estimate of drug-likeness (QED) is 0.756. The van der Waals surface area contributed by atoms with Crippen molar-refractivity contribution in [2.45, 2.75) is 37.4 Å². The smallest absolute Gasteiger partial charge is 0.224 e. The molecule has 1 aliphatic heterocycles. The van der Waals surface area contributed by atoms with Gasteiger partial charge in [0.1, 0.15) is 22.7 Å². The molecule has 27 heavy (non-hydrogen) atoms. The molecule has 2 aromatic rings. The van der Waals surface area contributed by atoms with Crippen molar-refractivity contribution >= 4 is 15.8 Å². The maximum absolute atomic E-state index is 13.2. The van der Waals surface area contributed by atoms with Gasteiger partial charge in [-0.25, -0.2) is 27.1 Å². The van der Waals surface area contributed by atoms with Crippen LogP contribution in [0.15, 0.2) is 42.7 Å². The number of benzene rings is 1. The van der Waals surface area contributed by atoms with Crippen LogP contribution in [0.3, 0.4) is 0 Å². The summed E-state index contributed by atoms with van der Waals surface area (Å²) in [7, 11) is -3.76. The summed E-state index contributed by atoms with van der Waals surface area (Å²) in [5.41, 5.74) is 1.01. The second-order valence-corrected chi connectivity index (χ2v) is 8.89. The zero-order chi connectivity index (χ0) is 19.4. The van der Waals surface area contributed by atoms with Crippen LogP contribution < -0.4 is 0 Å². The molecule has 0 spiro atoms. The van der Waals surface area contributed by atoms with Crippen LogP contribution in [0.1, 0.15) is 48.7 Å². The Labute approximate surface area is 158 Å². The van der Waals surface area contributed by atoms with Crippen LogP contribution in [-0.2, 0) is 14.8 Å². The molecule has 0 N–H and O–H groups in total. The molecular weight excluding hydrogens is 369 g/mol. The number of Topliss-reactive ketones (excluding diaryl/α,β-unsaturated/α-hetero) is 1. The number of piperidine rings is 1. The predicted octanol–water partition coefficient (Wildman–Crippen LogP) is 2.85. The van der Waals surface area contributed by atoms with Gasteiger partial charge in [-0.1, -0.05) is 12.1 Å². The molecule has 8 heteroatoms. The molecule has 0 radical (unpaired) electrons. The predicted molar refractivity (Wildman–Crippen MR) is 98.9 cm³/mol. The number of carbonyl (C=O) groups excluding carboxylic acids is 1. The Bertz CT molecular complexity index is 880. The fourth-order valence-electron chi connectivity index (χ4n) is 3.43. The van der Waals surface area contributed by atoms with E-state index in [1.54, 1.807) is 18.2 Å². The molecule has 1 fully saturated rings. The minimum absolute atomic E-state index is 0.147. The van der Waals surface area contributed by atoms with Crippen LogP contribution in [0.5, 0.6) is 0 Å². The lowest BCUT2D eigenvalue weighted by molar-refractivity contribution is -0.117. The van der Waals surface area contributed by atoms with E-state index in [1.165, 1.54) is 35.8 Å². The Morgan fingerprint density at radius 3 is 2.33 bits per heavy atom. The number of nitrogens with zero attached hydrogens (tertiary/aromatic N) is 3. The summed E-state index contributed by atoms with van der Waals surface area (Å²) in [6.45, 7) is 2.07. The number of ketones is 1. The van der Waals surface area contributed by atoms with E-state index in [4.69, 9.17) is 0 Å². The van der Waals surface area contributed by atoms with Crippen molar-refractivity contribution < 1.29 is 17.6 Å².